The van der Waals surface area contributed by atoms with E-state index in [2.05, 4.69) is 48.6 Å². The number of carbonyl (C=O) groups is 1. The molecule has 1 rings (SSSR count). The minimum absolute atomic E-state index is 0.0958. The summed E-state index contributed by atoms with van der Waals surface area (Å²) in [6.45, 7) is 17.9. The van der Waals surface area contributed by atoms with Crippen LogP contribution in [0, 0.1) is 0 Å². The van der Waals surface area contributed by atoms with Crippen LogP contribution in [0.1, 0.15) is 61.3 Å². The molecule has 1 aliphatic rings. The van der Waals surface area contributed by atoms with Crippen LogP contribution < -0.4 is 16.0 Å². The number of ether oxygens (including phenoxy) is 1. The first-order valence-corrected chi connectivity index (χ1v) is 9.78. The molecule has 26 heavy (non-hydrogen) atoms. The van der Waals surface area contributed by atoms with Gasteiger partial charge in [-0.1, -0.05) is 0 Å². The maximum atomic E-state index is 12.3. The van der Waals surface area contributed by atoms with Crippen molar-refractivity contribution < 1.29 is 9.53 Å². The number of likely N-dealkylation sites (tertiary alicyclic amines) is 1. The van der Waals surface area contributed by atoms with E-state index in [1.165, 1.54) is 0 Å². The fraction of sp³-hybridized carbons (Fsp3) is 0.895. The van der Waals surface area contributed by atoms with Gasteiger partial charge >= 0.3 is 6.09 Å². The molecule has 3 N–H and O–H groups in total. The SMILES string of the molecule is CCNC(=NCCNC(C)(C)C)NC1CCCN(C(=O)OC(C)(C)C)C1. The zero-order valence-electron chi connectivity index (χ0n) is 17.7. The van der Waals surface area contributed by atoms with Crippen molar-refractivity contribution in [3.8, 4) is 0 Å². The Morgan fingerprint density at radius 1 is 1.23 bits per heavy atom. The molecule has 0 radical (unpaired) electrons. The highest BCUT2D eigenvalue weighted by Crippen LogP contribution is 2.15. The summed E-state index contributed by atoms with van der Waals surface area (Å²) in [5.74, 6) is 0.805. The van der Waals surface area contributed by atoms with Crippen molar-refractivity contribution in [1.29, 1.82) is 0 Å². The first-order chi connectivity index (χ1) is 12.0. The van der Waals surface area contributed by atoms with E-state index in [0.717, 1.165) is 38.4 Å². The van der Waals surface area contributed by atoms with E-state index in [1.54, 1.807) is 4.90 Å². The van der Waals surface area contributed by atoms with Gasteiger partial charge in [0.25, 0.3) is 0 Å². The molecule has 0 bridgehead atoms. The summed E-state index contributed by atoms with van der Waals surface area (Å²) < 4.78 is 5.49. The van der Waals surface area contributed by atoms with Crippen molar-refractivity contribution in [3.63, 3.8) is 0 Å². The largest absolute Gasteiger partial charge is 0.444 e. The monoisotopic (exact) mass is 369 g/mol. The maximum Gasteiger partial charge on any atom is 0.410 e. The second kappa shape index (κ2) is 10.00. The van der Waals surface area contributed by atoms with E-state index in [0.29, 0.717) is 13.1 Å². The molecule has 7 nitrogen and oxygen atoms in total. The molecule has 1 fully saturated rings. The Bertz CT molecular complexity index is 466. The van der Waals surface area contributed by atoms with Crippen LogP contribution in [0.25, 0.3) is 0 Å². The molecule has 0 aromatic heterocycles. The number of amides is 1. The summed E-state index contributed by atoms with van der Waals surface area (Å²) in [7, 11) is 0. The van der Waals surface area contributed by atoms with Crippen LogP contribution in [-0.4, -0.2) is 66.9 Å². The Kier molecular flexibility index (Phi) is 8.67. The third-order valence-electron chi connectivity index (χ3n) is 3.80. The highest BCUT2D eigenvalue weighted by Gasteiger charge is 2.28. The summed E-state index contributed by atoms with van der Waals surface area (Å²) in [4.78, 5) is 18.7. The van der Waals surface area contributed by atoms with Crippen molar-refractivity contribution in [2.75, 3.05) is 32.7 Å². The fourth-order valence-electron chi connectivity index (χ4n) is 2.70. The van der Waals surface area contributed by atoms with E-state index in [9.17, 15) is 4.79 Å². The van der Waals surface area contributed by atoms with Crippen LogP contribution in [0.15, 0.2) is 4.99 Å². The lowest BCUT2D eigenvalue weighted by Gasteiger charge is -2.35. The fourth-order valence-corrected chi connectivity index (χ4v) is 2.70. The smallest absolute Gasteiger partial charge is 0.410 e. The first kappa shape index (κ1) is 22.5. The number of piperidine rings is 1. The van der Waals surface area contributed by atoms with Gasteiger partial charge in [-0.3, -0.25) is 4.99 Å². The number of nitrogens with zero attached hydrogens (tertiary/aromatic N) is 2. The average molecular weight is 370 g/mol. The van der Waals surface area contributed by atoms with Crippen molar-refractivity contribution >= 4 is 12.1 Å². The highest BCUT2D eigenvalue weighted by atomic mass is 16.6. The van der Waals surface area contributed by atoms with Gasteiger partial charge in [-0.2, -0.15) is 0 Å². The molecular formula is C19H39N5O2. The molecule has 0 aliphatic carbocycles. The van der Waals surface area contributed by atoms with Crippen LogP contribution in [0.5, 0.6) is 0 Å². The number of hydrogen-bond donors (Lipinski definition) is 3. The van der Waals surface area contributed by atoms with Gasteiger partial charge in [0.1, 0.15) is 5.60 Å². The summed E-state index contributed by atoms with van der Waals surface area (Å²) >= 11 is 0. The lowest BCUT2D eigenvalue weighted by atomic mass is 10.1. The Balaban J connectivity index is 2.55. The number of aliphatic imine (C=N–C) groups is 1. The predicted octanol–water partition coefficient (Wildman–Crippen LogP) is 2.33. The summed E-state index contributed by atoms with van der Waals surface area (Å²) in [5, 5.41) is 10.2. The number of hydrogen-bond acceptors (Lipinski definition) is 4. The van der Waals surface area contributed by atoms with Crippen LogP contribution in [0.2, 0.25) is 0 Å². The number of nitrogens with one attached hydrogen (secondary N) is 3. The quantitative estimate of drug-likeness (QED) is 0.394. The third-order valence-corrected chi connectivity index (χ3v) is 3.80. The molecule has 1 unspecified atom stereocenters. The summed E-state index contributed by atoms with van der Waals surface area (Å²) in [5.41, 5.74) is -0.369. The maximum absolute atomic E-state index is 12.3. The Morgan fingerprint density at radius 3 is 2.50 bits per heavy atom. The van der Waals surface area contributed by atoms with Crippen LogP contribution >= 0.6 is 0 Å². The van der Waals surface area contributed by atoms with Crippen LogP contribution in [0.4, 0.5) is 4.79 Å². The average Bonchev–Trinajstić information content (AvgIpc) is 2.49. The molecule has 1 heterocycles. The molecule has 1 amide bonds. The van der Waals surface area contributed by atoms with Gasteiger partial charge in [-0.25, -0.2) is 4.79 Å². The van der Waals surface area contributed by atoms with Crippen molar-refractivity contribution in [3.05, 3.63) is 0 Å². The van der Waals surface area contributed by atoms with Crippen molar-refractivity contribution in [2.45, 2.75) is 78.5 Å². The van der Waals surface area contributed by atoms with Crippen LogP contribution in [-0.2, 0) is 4.74 Å². The highest BCUT2D eigenvalue weighted by molar-refractivity contribution is 5.80. The molecule has 1 atom stereocenters. The van der Waals surface area contributed by atoms with Crippen LogP contribution in [0.3, 0.4) is 0 Å². The second-order valence-electron chi connectivity index (χ2n) is 8.85. The molecule has 152 valence electrons. The van der Waals surface area contributed by atoms with Gasteiger partial charge in [-0.05, 0) is 61.3 Å². The first-order valence-electron chi connectivity index (χ1n) is 9.78. The third kappa shape index (κ3) is 9.85. The van der Waals surface area contributed by atoms with Gasteiger partial charge in [0, 0.05) is 37.8 Å². The topological polar surface area (TPSA) is 78.0 Å². The number of rotatable bonds is 5. The molecule has 0 spiro atoms. The van der Waals surface area contributed by atoms with E-state index in [-0.39, 0.29) is 17.7 Å². The Morgan fingerprint density at radius 2 is 1.92 bits per heavy atom. The van der Waals surface area contributed by atoms with Gasteiger partial charge in [0.15, 0.2) is 5.96 Å². The van der Waals surface area contributed by atoms with Gasteiger partial charge in [-0.15, -0.1) is 0 Å². The Hall–Kier alpha value is -1.50. The van der Waals surface area contributed by atoms with Crippen molar-refractivity contribution in [1.82, 2.24) is 20.9 Å². The lowest BCUT2D eigenvalue weighted by Crippen LogP contribution is -2.53. The molecule has 0 aromatic carbocycles. The van der Waals surface area contributed by atoms with E-state index in [1.807, 2.05) is 20.8 Å². The van der Waals surface area contributed by atoms with Gasteiger partial charge in [0.05, 0.1) is 6.54 Å². The van der Waals surface area contributed by atoms with E-state index in [4.69, 9.17) is 4.74 Å². The van der Waals surface area contributed by atoms with Crippen molar-refractivity contribution in [2.24, 2.45) is 4.99 Å². The minimum Gasteiger partial charge on any atom is -0.444 e. The molecular weight excluding hydrogens is 330 g/mol. The normalized spacial score (nSPS) is 19.3. The molecule has 1 saturated heterocycles. The standard InChI is InChI=1S/C19H39N5O2/c1-8-20-16(21-11-12-22-18(2,3)4)23-15-10-9-13-24(14-15)17(25)26-19(5,6)7/h15,22H,8-14H2,1-7H3,(H2,20,21,23). The van der Waals surface area contributed by atoms with E-state index < -0.39 is 5.60 Å². The van der Waals surface area contributed by atoms with E-state index >= 15 is 0 Å². The number of guanidine groups is 1. The zero-order valence-corrected chi connectivity index (χ0v) is 17.7. The predicted molar refractivity (Wildman–Crippen MR) is 108 cm³/mol. The lowest BCUT2D eigenvalue weighted by molar-refractivity contribution is 0.0193. The number of carbonyl (C=O) groups excluding carboxylic acids is 1. The molecule has 0 aromatic rings. The molecule has 1 aliphatic heterocycles. The minimum atomic E-state index is -0.464. The second-order valence-corrected chi connectivity index (χ2v) is 8.85. The summed E-state index contributed by atoms with van der Waals surface area (Å²) in [6, 6.07) is 0.185. The molecule has 0 saturated carbocycles. The Labute approximate surface area is 159 Å². The van der Waals surface area contributed by atoms with Gasteiger partial charge < -0.3 is 25.6 Å². The summed E-state index contributed by atoms with van der Waals surface area (Å²) in [6.07, 6.45) is 1.74. The zero-order chi connectivity index (χ0) is 19.8. The van der Waals surface area contributed by atoms with Gasteiger partial charge in [0.2, 0.25) is 0 Å². The molecule has 7 heteroatoms.